The number of fused-ring (bicyclic) bond motifs is 1. The van der Waals surface area contributed by atoms with Crippen LogP contribution in [0, 0.1) is 0 Å². The molecule has 1 aromatic carbocycles. The minimum Gasteiger partial charge on any atom is -0.479 e. The second-order valence-corrected chi connectivity index (χ2v) is 6.90. The molecule has 1 fully saturated rings. The van der Waals surface area contributed by atoms with E-state index in [1.165, 1.54) is 0 Å². The van der Waals surface area contributed by atoms with Gasteiger partial charge in [-0.25, -0.2) is 0 Å². The van der Waals surface area contributed by atoms with Gasteiger partial charge in [-0.1, -0.05) is 12.1 Å². The van der Waals surface area contributed by atoms with Gasteiger partial charge >= 0.3 is 0 Å². The largest absolute Gasteiger partial charge is 0.479 e. The Labute approximate surface area is 135 Å². The number of thioether (sulfide) groups is 1. The van der Waals surface area contributed by atoms with Crippen LogP contribution in [-0.2, 0) is 4.79 Å². The maximum absolute atomic E-state index is 12.6. The van der Waals surface area contributed by atoms with Gasteiger partial charge in [-0.05, 0) is 19.1 Å². The van der Waals surface area contributed by atoms with Gasteiger partial charge in [0.05, 0.1) is 6.10 Å². The molecule has 120 valence electrons. The number of hydrogen-bond donors (Lipinski definition) is 1. The van der Waals surface area contributed by atoms with Gasteiger partial charge in [0.2, 0.25) is 0 Å². The first kappa shape index (κ1) is 15.6. The number of benzene rings is 1. The molecule has 1 N–H and O–H groups in total. The highest BCUT2D eigenvalue weighted by molar-refractivity contribution is 7.99. The van der Waals surface area contributed by atoms with Crippen LogP contribution in [0.2, 0.25) is 0 Å². The number of carbonyl (C=O) groups is 1. The fourth-order valence-corrected chi connectivity index (χ4v) is 3.84. The number of aliphatic hydroxyl groups is 1. The third kappa shape index (κ3) is 3.56. The summed E-state index contributed by atoms with van der Waals surface area (Å²) in [5.41, 5.74) is 0. The summed E-state index contributed by atoms with van der Waals surface area (Å²) < 4.78 is 5.87. The molecule has 0 saturated carbocycles. The van der Waals surface area contributed by atoms with Crippen molar-refractivity contribution >= 4 is 17.7 Å². The standard InChI is InChI=1S/C16H22N2O3S/c1-12(19)10-17-6-8-18(9-7-17)16(20)14-11-22-15-5-3-2-4-13(15)21-14/h2-5,12,14,19H,6-11H2,1H3/t12-,14-/m1/s1. The van der Waals surface area contributed by atoms with Crippen LogP contribution in [0.4, 0.5) is 0 Å². The first-order chi connectivity index (χ1) is 10.6. The van der Waals surface area contributed by atoms with Crippen molar-refractivity contribution in [2.24, 2.45) is 0 Å². The molecule has 2 aliphatic heterocycles. The Balaban J connectivity index is 1.55. The van der Waals surface area contributed by atoms with Crippen molar-refractivity contribution in [3.63, 3.8) is 0 Å². The number of nitrogens with zero attached hydrogens (tertiary/aromatic N) is 2. The Morgan fingerprint density at radius 1 is 1.36 bits per heavy atom. The van der Waals surface area contributed by atoms with Gasteiger partial charge in [-0.2, -0.15) is 0 Å². The number of para-hydroxylation sites is 1. The summed E-state index contributed by atoms with van der Waals surface area (Å²) in [5, 5.41) is 9.43. The van der Waals surface area contributed by atoms with E-state index in [0.717, 1.165) is 23.7 Å². The molecule has 1 amide bonds. The molecule has 0 aromatic heterocycles. The van der Waals surface area contributed by atoms with Gasteiger partial charge in [0.15, 0.2) is 6.10 Å². The van der Waals surface area contributed by atoms with Gasteiger partial charge in [0.25, 0.3) is 5.91 Å². The van der Waals surface area contributed by atoms with Crippen LogP contribution in [0.25, 0.3) is 0 Å². The molecule has 0 aliphatic carbocycles. The van der Waals surface area contributed by atoms with Gasteiger partial charge in [-0.3, -0.25) is 9.69 Å². The topological polar surface area (TPSA) is 53.0 Å². The molecular weight excluding hydrogens is 300 g/mol. The predicted molar refractivity (Wildman–Crippen MR) is 86.3 cm³/mol. The smallest absolute Gasteiger partial charge is 0.264 e. The van der Waals surface area contributed by atoms with E-state index in [9.17, 15) is 9.90 Å². The van der Waals surface area contributed by atoms with Crippen molar-refractivity contribution in [1.82, 2.24) is 9.80 Å². The molecule has 5 nitrogen and oxygen atoms in total. The highest BCUT2D eigenvalue weighted by Crippen LogP contribution is 2.35. The zero-order valence-corrected chi connectivity index (χ0v) is 13.6. The Kier molecular flexibility index (Phi) is 4.90. The molecule has 2 aliphatic rings. The predicted octanol–water partition coefficient (Wildman–Crippen LogP) is 1.06. The van der Waals surface area contributed by atoms with E-state index in [4.69, 9.17) is 4.74 Å². The maximum atomic E-state index is 12.6. The molecular formula is C16H22N2O3S. The van der Waals surface area contributed by atoms with Crippen LogP contribution in [0.15, 0.2) is 29.2 Å². The lowest BCUT2D eigenvalue weighted by atomic mass is 10.2. The normalized spacial score (nSPS) is 23.5. The average molecular weight is 322 g/mol. The number of carbonyl (C=O) groups excluding carboxylic acids is 1. The van der Waals surface area contributed by atoms with E-state index in [0.29, 0.717) is 25.4 Å². The molecule has 0 spiro atoms. The second-order valence-electron chi connectivity index (χ2n) is 5.84. The summed E-state index contributed by atoms with van der Waals surface area (Å²) in [4.78, 5) is 17.8. The third-order valence-corrected chi connectivity index (χ3v) is 5.11. The van der Waals surface area contributed by atoms with Crippen molar-refractivity contribution in [2.75, 3.05) is 38.5 Å². The Bertz CT molecular complexity index is 530. The lowest BCUT2D eigenvalue weighted by molar-refractivity contribution is -0.139. The minimum atomic E-state index is -0.386. The molecule has 6 heteroatoms. The van der Waals surface area contributed by atoms with Crippen LogP contribution in [0.5, 0.6) is 5.75 Å². The van der Waals surface area contributed by atoms with Gasteiger partial charge < -0.3 is 14.7 Å². The van der Waals surface area contributed by atoms with E-state index in [1.54, 1.807) is 18.7 Å². The van der Waals surface area contributed by atoms with Crippen LogP contribution in [0.3, 0.4) is 0 Å². The van der Waals surface area contributed by atoms with Crippen molar-refractivity contribution in [1.29, 1.82) is 0 Å². The Morgan fingerprint density at radius 3 is 2.82 bits per heavy atom. The fourth-order valence-electron chi connectivity index (χ4n) is 2.87. The Morgan fingerprint density at radius 2 is 2.09 bits per heavy atom. The van der Waals surface area contributed by atoms with Gasteiger partial charge in [0, 0.05) is 43.4 Å². The lowest BCUT2D eigenvalue weighted by Crippen LogP contribution is -2.54. The molecule has 1 aromatic rings. The van der Waals surface area contributed by atoms with E-state index < -0.39 is 0 Å². The van der Waals surface area contributed by atoms with Crippen molar-refractivity contribution in [3.05, 3.63) is 24.3 Å². The van der Waals surface area contributed by atoms with E-state index in [2.05, 4.69) is 4.90 Å². The number of rotatable bonds is 3. The molecule has 0 unspecified atom stereocenters. The van der Waals surface area contributed by atoms with Crippen molar-refractivity contribution in [3.8, 4) is 5.75 Å². The van der Waals surface area contributed by atoms with Gasteiger partial charge in [-0.15, -0.1) is 11.8 Å². The molecule has 2 atom stereocenters. The molecule has 3 rings (SSSR count). The number of amides is 1. The number of β-amino-alcohol motifs (C(OH)–C–C–N with tert-alkyl or cyclic N) is 1. The zero-order chi connectivity index (χ0) is 15.5. The number of piperazine rings is 1. The quantitative estimate of drug-likeness (QED) is 0.902. The van der Waals surface area contributed by atoms with Crippen molar-refractivity contribution in [2.45, 2.75) is 24.0 Å². The molecule has 0 radical (unpaired) electrons. The Hall–Kier alpha value is -1.24. The van der Waals surface area contributed by atoms with Crippen LogP contribution in [-0.4, -0.2) is 71.5 Å². The average Bonchev–Trinajstić information content (AvgIpc) is 2.54. The first-order valence-electron chi connectivity index (χ1n) is 7.71. The second kappa shape index (κ2) is 6.89. The monoisotopic (exact) mass is 322 g/mol. The number of aliphatic hydroxyl groups excluding tert-OH is 1. The minimum absolute atomic E-state index is 0.0821. The number of hydrogen-bond acceptors (Lipinski definition) is 5. The molecule has 1 saturated heterocycles. The maximum Gasteiger partial charge on any atom is 0.264 e. The summed E-state index contributed by atoms with van der Waals surface area (Å²) in [5.74, 6) is 1.56. The lowest BCUT2D eigenvalue weighted by Gasteiger charge is -2.37. The highest BCUT2D eigenvalue weighted by Gasteiger charge is 2.32. The van der Waals surface area contributed by atoms with Crippen LogP contribution < -0.4 is 4.74 Å². The summed E-state index contributed by atoms with van der Waals surface area (Å²) in [6.45, 7) is 5.50. The summed E-state index contributed by atoms with van der Waals surface area (Å²) in [6.07, 6.45) is -0.708. The molecule has 2 heterocycles. The van der Waals surface area contributed by atoms with Crippen LogP contribution in [0.1, 0.15) is 6.92 Å². The SMILES string of the molecule is C[C@@H](O)CN1CCN(C(=O)[C@H]2CSc3ccccc3O2)CC1. The fraction of sp³-hybridized carbons (Fsp3) is 0.562. The summed E-state index contributed by atoms with van der Waals surface area (Å²) in [7, 11) is 0. The van der Waals surface area contributed by atoms with E-state index >= 15 is 0 Å². The molecule has 22 heavy (non-hydrogen) atoms. The van der Waals surface area contributed by atoms with Crippen molar-refractivity contribution < 1.29 is 14.6 Å². The van der Waals surface area contributed by atoms with E-state index in [1.807, 2.05) is 29.2 Å². The third-order valence-electron chi connectivity index (χ3n) is 3.99. The zero-order valence-electron chi connectivity index (χ0n) is 12.8. The number of ether oxygens (including phenoxy) is 1. The first-order valence-corrected chi connectivity index (χ1v) is 8.70. The van der Waals surface area contributed by atoms with E-state index in [-0.39, 0.29) is 18.1 Å². The summed E-state index contributed by atoms with van der Waals surface area (Å²) >= 11 is 1.68. The van der Waals surface area contributed by atoms with Crippen LogP contribution >= 0.6 is 11.8 Å². The molecule has 0 bridgehead atoms. The van der Waals surface area contributed by atoms with Gasteiger partial charge in [0.1, 0.15) is 5.75 Å². The summed E-state index contributed by atoms with van der Waals surface area (Å²) in [6, 6.07) is 7.86. The highest BCUT2D eigenvalue weighted by atomic mass is 32.2.